The van der Waals surface area contributed by atoms with E-state index in [1.165, 1.54) is 0 Å². The lowest BCUT2D eigenvalue weighted by Crippen LogP contribution is -2.32. The molecule has 1 aromatic rings. The van der Waals surface area contributed by atoms with Gasteiger partial charge in [-0.2, -0.15) is 0 Å². The molecule has 12 heteroatoms. The monoisotopic (exact) mass is 510 g/mol. The highest BCUT2D eigenvalue weighted by Crippen LogP contribution is 2.25. The lowest BCUT2D eigenvalue weighted by atomic mass is 10.2. The van der Waals surface area contributed by atoms with Crippen LogP contribution in [0.4, 0.5) is 21.2 Å². The number of esters is 2. The second kappa shape index (κ2) is 10.7. The SMILES string of the molecule is CC(C)(C)OC(=O)Nc1nc(C(=O)OC(C)(C)C)c(C(=O)OC(C)(C)C)nc1NC(=O)OC(C)(C)C. The van der Waals surface area contributed by atoms with Crippen LogP contribution in [0.25, 0.3) is 0 Å². The van der Waals surface area contributed by atoms with E-state index < -0.39 is 57.9 Å². The van der Waals surface area contributed by atoms with E-state index in [9.17, 15) is 19.2 Å². The van der Waals surface area contributed by atoms with Crippen molar-refractivity contribution in [1.82, 2.24) is 9.97 Å². The Balaban J connectivity index is 3.70. The summed E-state index contributed by atoms with van der Waals surface area (Å²) in [6.45, 7) is 19.7. The molecule has 36 heavy (non-hydrogen) atoms. The fourth-order valence-electron chi connectivity index (χ4n) is 2.35. The molecule has 2 amide bonds. The number of nitrogens with one attached hydrogen (secondary N) is 2. The molecule has 0 unspecified atom stereocenters. The highest BCUT2D eigenvalue weighted by atomic mass is 16.6. The van der Waals surface area contributed by atoms with Gasteiger partial charge in [0.25, 0.3) is 0 Å². The van der Waals surface area contributed by atoms with E-state index in [0.29, 0.717) is 0 Å². The summed E-state index contributed by atoms with van der Waals surface area (Å²) in [4.78, 5) is 59.0. The van der Waals surface area contributed by atoms with Gasteiger partial charge in [0.05, 0.1) is 0 Å². The zero-order valence-corrected chi connectivity index (χ0v) is 23.2. The van der Waals surface area contributed by atoms with E-state index in [2.05, 4.69) is 20.6 Å². The molecule has 0 radical (unpaired) electrons. The van der Waals surface area contributed by atoms with Crippen molar-refractivity contribution < 1.29 is 38.1 Å². The van der Waals surface area contributed by atoms with Crippen LogP contribution in [0, 0.1) is 0 Å². The number of amides is 2. The van der Waals surface area contributed by atoms with E-state index in [1.807, 2.05) is 0 Å². The molecule has 0 aliphatic heterocycles. The van der Waals surface area contributed by atoms with Crippen molar-refractivity contribution in [3.8, 4) is 0 Å². The van der Waals surface area contributed by atoms with E-state index >= 15 is 0 Å². The van der Waals surface area contributed by atoms with Crippen LogP contribution in [-0.4, -0.2) is 56.5 Å². The van der Waals surface area contributed by atoms with Crippen molar-refractivity contribution in [2.75, 3.05) is 10.6 Å². The minimum Gasteiger partial charge on any atom is -0.455 e. The number of carbonyl (C=O) groups is 4. The van der Waals surface area contributed by atoms with Crippen LogP contribution in [0.5, 0.6) is 0 Å². The van der Waals surface area contributed by atoms with Crippen LogP contribution in [0.2, 0.25) is 0 Å². The van der Waals surface area contributed by atoms with Gasteiger partial charge in [0.2, 0.25) is 0 Å². The first-order valence-electron chi connectivity index (χ1n) is 11.3. The molecule has 1 heterocycles. The van der Waals surface area contributed by atoms with Gasteiger partial charge in [-0.15, -0.1) is 0 Å². The van der Waals surface area contributed by atoms with Crippen LogP contribution in [-0.2, 0) is 18.9 Å². The van der Waals surface area contributed by atoms with Crippen LogP contribution in [0.15, 0.2) is 0 Å². The molecule has 12 nitrogen and oxygen atoms in total. The summed E-state index contributed by atoms with van der Waals surface area (Å²) in [5, 5.41) is 4.69. The zero-order chi connectivity index (χ0) is 28.3. The van der Waals surface area contributed by atoms with Gasteiger partial charge in [-0.1, -0.05) is 0 Å². The van der Waals surface area contributed by atoms with Gasteiger partial charge in [0.15, 0.2) is 23.0 Å². The Morgan fingerprint density at radius 3 is 0.972 bits per heavy atom. The zero-order valence-electron chi connectivity index (χ0n) is 23.2. The Labute approximate surface area is 211 Å². The molecule has 1 aromatic heterocycles. The smallest absolute Gasteiger partial charge is 0.413 e. The third kappa shape index (κ3) is 11.3. The minimum absolute atomic E-state index is 0.372. The number of hydrogen-bond donors (Lipinski definition) is 2. The van der Waals surface area contributed by atoms with Gasteiger partial charge < -0.3 is 18.9 Å². The van der Waals surface area contributed by atoms with Gasteiger partial charge in [0, 0.05) is 0 Å². The maximum atomic E-state index is 13.0. The first-order chi connectivity index (χ1) is 16.0. The molecule has 0 saturated carbocycles. The van der Waals surface area contributed by atoms with Crippen LogP contribution >= 0.6 is 0 Å². The molecule has 0 bridgehead atoms. The highest BCUT2D eigenvalue weighted by Gasteiger charge is 2.32. The number of hydrogen-bond acceptors (Lipinski definition) is 10. The average molecular weight is 511 g/mol. The highest BCUT2D eigenvalue weighted by molar-refractivity contribution is 6.03. The summed E-state index contributed by atoms with van der Waals surface area (Å²) >= 11 is 0. The van der Waals surface area contributed by atoms with Crippen molar-refractivity contribution in [2.24, 2.45) is 0 Å². The van der Waals surface area contributed by atoms with E-state index in [1.54, 1.807) is 83.1 Å². The largest absolute Gasteiger partial charge is 0.455 e. The lowest BCUT2D eigenvalue weighted by molar-refractivity contribution is 0.000830. The van der Waals surface area contributed by atoms with E-state index in [-0.39, 0.29) is 11.6 Å². The topological polar surface area (TPSA) is 155 Å². The average Bonchev–Trinajstić information content (AvgIpc) is 2.56. The maximum Gasteiger partial charge on any atom is 0.413 e. The van der Waals surface area contributed by atoms with Crippen LogP contribution in [0.3, 0.4) is 0 Å². The van der Waals surface area contributed by atoms with Gasteiger partial charge in [-0.3, -0.25) is 10.6 Å². The standard InChI is InChI=1S/C24H38N4O8/c1-21(2,3)33-17(29)13-14(18(30)34-22(4,5)6)26-16(28-20(32)36-24(10,11)12)15(25-13)27-19(31)35-23(7,8)9/h1-12H3,(H,25,27,31)(H,26,28,32). The summed E-state index contributed by atoms with van der Waals surface area (Å²) in [5.74, 6) is -2.73. The van der Waals surface area contributed by atoms with Gasteiger partial charge in [-0.05, 0) is 83.1 Å². The lowest BCUT2D eigenvalue weighted by Gasteiger charge is -2.24. The molecule has 202 valence electrons. The number of aromatic nitrogens is 2. The molecule has 0 atom stereocenters. The fourth-order valence-corrected chi connectivity index (χ4v) is 2.35. The second-order valence-corrected chi connectivity index (χ2v) is 11.9. The Morgan fingerprint density at radius 2 is 0.750 bits per heavy atom. The molecular formula is C24H38N4O8. The summed E-state index contributed by atoms with van der Waals surface area (Å²) < 4.78 is 21.2. The van der Waals surface area contributed by atoms with Crippen molar-refractivity contribution >= 4 is 35.8 Å². The van der Waals surface area contributed by atoms with E-state index in [0.717, 1.165) is 0 Å². The number of carbonyl (C=O) groups excluding carboxylic acids is 4. The third-order valence-electron chi connectivity index (χ3n) is 3.32. The van der Waals surface area contributed by atoms with E-state index in [4.69, 9.17) is 18.9 Å². The first-order valence-corrected chi connectivity index (χ1v) is 11.3. The molecule has 0 saturated heterocycles. The minimum atomic E-state index is -0.994. The summed E-state index contributed by atoms with van der Waals surface area (Å²) in [5.41, 5.74) is -4.65. The summed E-state index contributed by atoms with van der Waals surface area (Å²) in [7, 11) is 0. The van der Waals surface area contributed by atoms with Crippen LogP contribution in [0.1, 0.15) is 104 Å². The number of ether oxygens (including phenoxy) is 4. The van der Waals surface area contributed by atoms with Crippen molar-refractivity contribution in [3.63, 3.8) is 0 Å². The summed E-state index contributed by atoms with van der Waals surface area (Å²) in [6.07, 6.45) is -1.88. The first kappa shape index (κ1) is 30.6. The third-order valence-corrected chi connectivity index (χ3v) is 3.32. The van der Waals surface area contributed by atoms with Gasteiger partial charge >= 0.3 is 24.1 Å². The number of nitrogens with zero attached hydrogens (tertiary/aromatic N) is 2. The Kier molecular flexibility index (Phi) is 9.07. The quantitative estimate of drug-likeness (QED) is 0.413. The summed E-state index contributed by atoms with van der Waals surface area (Å²) in [6, 6.07) is 0. The molecule has 0 aliphatic rings. The molecule has 0 aliphatic carbocycles. The predicted molar refractivity (Wildman–Crippen MR) is 132 cm³/mol. The van der Waals surface area contributed by atoms with Crippen molar-refractivity contribution in [3.05, 3.63) is 11.4 Å². The van der Waals surface area contributed by atoms with Gasteiger partial charge in [-0.25, -0.2) is 29.1 Å². The molecule has 0 spiro atoms. The normalized spacial score (nSPS) is 12.3. The van der Waals surface area contributed by atoms with Crippen molar-refractivity contribution in [1.29, 1.82) is 0 Å². The molecule has 0 aromatic carbocycles. The van der Waals surface area contributed by atoms with Crippen LogP contribution < -0.4 is 10.6 Å². The number of rotatable bonds is 4. The Bertz CT molecular complexity index is 928. The second-order valence-electron chi connectivity index (χ2n) is 11.9. The molecule has 1 rings (SSSR count). The fraction of sp³-hybridized carbons (Fsp3) is 0.667. The Morgan fingerprint density at radius 1 is 0.500 bits per heavy atom. The maximum absolute atomic E-state index is 13.0. The van der Waals surface area contributed by atoms with Gasteiger partial charge in [0.1, 0.15) is 22.4 Å². The predicted octanol–water partition coefficient (Wildman–Crippen LogP) is 5.08. The number of anilines is 2. The molecule has 0 fully saturated rings. The Hall–Kier alpha value is -3.44. The molecular weight excluding hydrogens is 472 g/mol. The van der Waals surface area contributed by atoms with Crippen molar-refractivity contribution in [2.45, 2.75) is 105 Å². The molecule has 2 N–H and O–H groups in total.